The number of aromatic nitrogens is 3. The Hall–Kier alpha value is -3.02. The van der Waals surface area contributed by atoms with Gasteiger partial charge in [-0.2, -0.15) is 5.10 Å². The number of hydrogen-bond acceptors (Lipinski definition) is 4. The highest BCUT2D eigenvalue weighted by molar-refractivity contribution is 5.66. The second kappa shape index (κ2) is 6.47. The van der Waals surface area contributed by atoms with Gasteiger partial charge in [0, 0.05) is 11.1 Å². The minimum atomic E-state index is 0.0274. The lowest BCUT2D eigenvalue weighted by Crippen LogP contribution is -1.97. The van der Waals surface area contributed by atoms with Crippen LogP contribution in [0.25, 0.3) is 28.2 Å². The molecule has 124 valence electrons. The van der Waals surface area contributed by atoms with Crippen LogP contribution in [0, 0.1) is 0 Å². The van der Waals surface area contributed by atoms with Crippen molar-refractivity contribution in [3.8, 4) is 22.5 Å². The monoisotopic (exact) mass is 331 g/mol. The van der Waals surface area contributed by atoms with E-state index in [0.29, 0.717) is 0 Å². The summed E-state index contributed by atoms with van der Waals surface area (Å²) in [6.07, 6.45) is 1.80. The minimum Gasteiger partial charge on any atom is -0.392 e. The molecule has 0 bridgehead atoms. The van der Waals surface area contributed by atoms with Crippen molar-refractivity contribution in [2.45, 2.75) is 13.2 Å². The van der Waals surface area contributed by atoms with Crippen LogP contribution in [0.5, 0.6) is 0 Å². The maximum atomic E-state index is 9.19. The van der Waals surface area contributed by atoms with Crippen LogP contribution in [0.2, 0.25) is 0 Å². The average Bonchev–Trinajstić information content (AvgIpc) is 3.11. The first-order chi connectivity index (χ1) is 12.3. The third-order valence-corrected chi connectivity index (χ3v) is 4.23. The number of aliphatic hydroxyl groups excluding tert-OH is 2. The van der Waals surface area contributed by atoms with E-state index in [2.05, 4.69) is 4.98 Å². The van der Waals surface area contributed by atoms with Crippen molar-refractivity contribution < 1.29 is 10.2 Å². The molecule has 0 aliphatic carbocycles. The van der Waals surface area contributed by atoms with Gasteiger partial charge in [-0.15, -0.1) is 0 Å². The lowest BCUT2D eigenvalue weighted by molar-refractivity contribution is 0.281. The van der Waals surface area contributed by atoms with Crippen molar-refractivity contribution in [2.75, 3.05) is 0 Å². The second-order valence-corrected chi connectivity index (χ2v) is 5.84. The third-order valence-electron chi connectivity index (χ3n) is 4.23. The summed E-state index contributed by atoms with van der Waals surface area (Å²) in [4.78, 5) is 4.42. The molecule has 0 radical (unpaired) electrons. The van der Waals surface area contributed by atoms with E-state index < -0.39 is 0 Å². The molecule has 4 rings (SSSR count). The van der Waals surface area contributed by atoms with Gasteiger partial charge in [0.2, 0.25) is 0 Å². The topological polar surface area (TPSA) is 70.7 Å². The fourth-order valence-corrected chi connectivity index (χ4v) is 2.79. The number of nitrogens with zero attached hydrogens (tertiary/aromatic N) is 3. The fourth-order valence-electron chi connectivity index (χ4n) is 2.79. The lowest BCUT2D eigenvalue weighted by atomic mass is 10.1. The highest BCUT2D eigenvalue weighted by Crippen LogP contribution is 2.23. The fraction of sp³-hybridized carbons (Fsp3) is 0.100. The molecule has 0 saturated carbocycles. The molecule has 0 aliphatic heterocycles. The van der Waals surface area contributed by atoms with Crippen LogP contribution in [-0.2, 0) is 13.2 Å². The summed E-state index contributed by atoms with van der Waals surface area (Å²) >= 11 is 0. The molecule has 5 heteroatoms. The summed E-state index contributed by atoms with van der Waals surface area (Å²) in [7, 11) is 0. The number of aliphatic hydroxyl groups is 2. The van der Waals surface area contributed by atoms with E-state index >= 15 is 0 Å². The van der Waals surface area contributed by atoms with Gasteiger partial charge in [0.1, 0.15) is 0 Å². The van der Waals surface area contributed by atoms with Crippen LogP contribution in [0.1, 0.15) is 11.1 Å². The van der Waals surface area contributed by atoms with Crippen LogP contribution in [0.4, 0.5) is 0 Å². The third kappa shape index (κ3) is 2.91. The zero-order chi connectivity index (χ0) is 17.2. The smallest absolute Gasteiger partial charge is 0.154 e. The Balaban J connectivity index is 1.78. The summed E-state index contributed by atoms with van der Waals surface area (Å²) in [6.45, 7) is 0.0575. The Morgan fingerprint density at radius 1 is 0.720 bits per heavy atom. The van der Waals surface area contributed by atoms with Crippen molar-refractivity contribution in [3.63, 3.8) is 0 Å². The number of imidazole rings is 1. The maximum Gasteiger partial charge on any atom is 0.154 e. The first-order valence-electron chi connectivity index (χ1n) is 8.03. The normalized spacial score (nSPS) is 11.1. The molecule has 4 aromatic rings. The largest absolute Gasteiger partial charge is 0.392 e. The van der Waals surface area contributed by atoms with E-state index in [1.165, 1.54) is 0 Å². The Morgan fingerprint density at radius 2 is 1.32 bits per heavy atom. The SMILES string of the molecule is OCc1ccc(-c2ccc3ncc(-c4ccc(CO)cc4)n3n2)cc1. The van der Waals surface area contributed by atoms with Gasteiger partial charge in [-0.3, -0.25) is 0 Å². The zero-order valence-corrected chi connectivity index (χ0v) is 13.5. The van der Waals surface area contributed by atoms with Gasteiger partial charge < -0.3 is 10.2 Å². The van der Waals surface area contributed by atoms with E-state index in [1.807, 2.05) is 65.2 Å². The molecule has 0 unspecified atom stereocenters. The quantitative estimate of drug-likeness (QED) is 0.603. The van der Waals surface area contributed by atoms with Crippen molar-refractivity contribution in [1.82, 2.24) is 14.6 Å². The Bertz CT molecular complexity index is 1010. The van der Waals surface area contributed by atoms with Gasteiger partial charge >= 0.3 is 0 Å². The molecule has 0 saturated heterocycles. The second-order valence-electron chi connectivity index (χ2n) is 5.84. The average molecular weight is 331 g/mol. The molecule has 0 fully saturated rings. The number of fused-ring (bicyclic) bond motifs is 1. The molecule has 0 atom stereocenters. The molecule has 5 nitrogen and oxygen atoms in total. The first kappa shape index (κ1) is 15.5. The van der Waals surface area contributed by atoms with Crippen LogP contribution < -0.4 is 0 Å². The van der Waals surface area contributed by atoms with Gasteiger partial charge in [0.05, 0.1) is 30.8 Å². The van der Waals surface area contributed by atoms with Gasteiger partial charge in [-0.1, -0.05) is 48.5 Å². The number of rotatable bonds is 4. The van der Waals surface area contributed by atoms with Crippen molar-refractivity contribution in [1.29, 1.82) is 0 Å². The summed E-state index contributed by atoms with van der Waals surface area (Å²) < 4.78 is 1.82. The highest BCUT2D eigenvalue weighted by atomic mass is 16.3. The molecule has 0 amide bonds. The molecule has 25 heavy (non-hydrogen) atoms. The van der Waals surface area contributed by atoms with Crippen LogP contribution in [-0.4, -0.2) is 24.8 Å². The molecule has 0 aliphatic rings. The Morgan fingerprint density at radius 3 is 1.92 bits per heavy atom. The van der Waals surface area contributed by atoms with Crippen molar-refractivity contribution >= 4 is 5.65 Å². The molecule has 0 spiro atoms. The summed E-state index contributed by atoms with van der Waals surface area (Å²) in [6, 6.07) is 19.3. The van der Waals surface area contributed by atoms with Gasteiger partial charge in [0.15, 0.2) is 5.65 Å². The summed E-state index contributed by atoms with van der Waals surface area (Å²) in [5.74, 6) is 0. The van der Waals surface area contributed by atoms with E-state index in [9.17, 15) is 5.11 Å². The molecule has 2 N–H and O–H groups in total. The van der Waals surface area contributed by atoms with Gasteiger partial charge in [0.25, 0.3) is 0 Å². The minimum absolute atomic E-state index is 0.0274. The molecular weight excluding hydrogens is 314 g/mol. The highest BCUT2D eigenvalue weighted by Gasteiger charge is 2.09. The number of hydrogen-bond donors (Lipinski definition) is 2. The zero-order valence-electron chi connectivity index (χ0n) is 13.5. The number of benzene rings is 2. The van der Waals surface area contributed by atoms with Crippen LogP contribution in [0.3, 0.4) is 0 Å². The predicted octanol–water partition coefficient (Wildman–Crippen LogP) is 3.05. The van der Waals surface area contributed by atoms with Gasteiger partial charge in [-0.05, 0) is 23.3 Å². The van der Waals surface area contributed by atoms with E-state index in [-0.39, 0.29) is 13.2 Å². The standard InChI is InChI=1S/C20H17N3O2/c24-12-14-1-5-16(6-2-14)18-9-10-20-21-11-19(23(20)22-18)17-7-3-15(13-25)4-8-17/h1-11,24-25H,12-13H2. The van der Waals surface area contributed by atoms with Crippen LogP contribution in [0.15, 0.2) is 66.9 Å². The van der Waals surface area contributed by atoms with Crippen molar-refractivity contribution in [3.05, 3.63) is 78.0 Å². The summed E-state index contributed by atoms with van der Waals surface area (Å²) in [5, 5.41) is 23.1. The van der Waals surface area contributed by atoms with E-state index in [4.69, 9.17) is 10.2 Å². The van der Waals surface area contributed by atoms with Crippen LogP contribution >= 0.6 is 0 Å². The van der Waals surface area contributed by atoms with Gasteiger partial charge in [-0.25, -0.2) is 9.50 Å². The van der Waals surface area contributed by atoms with Crippen molar-refractivity contribution in [2.24, 2.45) is 0 Å². The molecule has 2 aromatic carbocycles. The first-order valence-corrected chi connectivity index (χ1v) is 8.03. The maximum absolute atomic E-state index is 9.19. The summed E-state index contributed by atoms with van der Waals surface area (Å²) in [5.41, 5.74) is 6.22. The van der Waals surface area contributed by atoms with E-state index in [0.717, 1.165) is 39.3 Å². The Kier molecular flexibility index (Phi) is 4.01. The van der Waals surface area contributed by atoms with E-state index in [1.54, 1.807) is 6.20 Å². The molecule has 2 aromatic heterocycles. The molecular formula is C20H17N3O2. The Labute approximate surface area is 144 Å². The predicted molar refractivity (Wildman–Crippen MR) is 95.7 cm³/mol. The molecule has 2 heterocycles. The lowest BCUT2D eigenvalue weighted by Gasteiger charge is -2.06.